The lowest BCUT2D eigenvalue weighted by Gasteiger charge is -2.26. The molecule has 158 valence electrons. The summed E-state index contributed by atoms with van der Waals surface area (Å²) in [5.41, 5.74) is 0. The molecule has 0 aromatic rings. The van der Waals surface area contributed by atoms with Crippen molar-refractivity contribution in [1.29, 1.82) is 0 Å². The molecule has 1 aliphatic heterocycles. The molecule has 1 rings (SSSR count). The summed E-state index contributed by atoms with van der Waals surface area (Å²) in [6.07, 6.45) is 19.8. The highest BCUT2D eigenvalue weighted by Gasteiger charge is 2.44. The second kappa shape index (κ2) is 16.3. The Morgan fingerprint density at radius 2 is 1.41 bits per heavy atom. The molecule has 0 aromatic heterocycles. The van der Waals surface area contributed by atoms with Crippen LogP contribution in [0.4, 0.5) is 0 Å². The van der Waals surface area contributed by atoms with Crippen LogP contribution in [0.15, 0.2) is 24.3 Å². The summed E-state index contributed by atoms with van der Waals surface area (Å²) in [6, 6.07) is 0. The van der Waals surface area contributed by atoms with Crippen molar-refractivity contribution in [3.05, 3.63) is 24.3 Å². The first-order valence-electron chi connectivity index (χ1n) is 11.2. The van der Waals surface area contributed by atoms with Crippen LogP contribution >= 0.6 is 0 Å². The Morgan fingerprint density at radius 1 is 0.815 bits per heavy atom. The zero-order chi connectivity index (χ0) is 19.6. The second-order valence-corrected chi connectivity index (χ2v) is 7.14. The molecule has 27 heavy (non-hydrogen) atoms. The molecule has 0 bridgehead atoms. The maximum absolute atomic E-state index is 6.08. The number of rotatable bonds is 17. The number of ether oxygens (including phenoxy) is 4. The molecule has 0 spiro atoms. The molecule has 1 atom stereocenters. The molecule has 1 heterocycles. The van der Waals surface area contributed by atoms with Gasteiger partial charge in [0.15, 0.2) is 0 Å². The first-order valence-corrected chi connectivity index (χ1v) is 11.2. The van der Waals surface area contributed by atoms with E-state index in [1.54, 1.807) is 0 Å². The van der Waals surface area contributed by atoms with Gasteiger partial charge in [-0.05, 0) is 32.1 Å². The average molecular weight is 383 g/mol. The summed E-state index contributed by atoms with van der Waals surface area (Å²) >= 11 is 0. The summed E-state index contributed by atoms with van der Waals surface area (Å²) in [6.45, 7) is 8.11. The van der Waals surface area contributed by atoms with E-state index in [-0.39, 0.29) is 6.10 Å². The number of hydrogen-bond acceptors (Lipinski definition) is 4. The fourth-order valence-electron chi connectivity index (χ4n) is 3.03. The van der Waals surface area contributed by atoms with Crippen molar-refractivity contribution >= 4 is 0 Å². The Morgan fingerprint density at radius 3 is 2.00 bits per heavy atom. The van der Waals surface area contributed by atoms with Gasteiger partial charge in [0.2, 0.25) is 0 Å². The largest absolute Gasteiger partial charge is 0.413 e. The minimum atomic E-state index is -1.31. The molecule has 1 unspecified atom stereocenters. The fraction of sp³-hybridized carbons (Fsp3) is 0.826. The third kappa shape index (κ3) is 11.7. The van der Waals surface area contributed by atoms with Crippen LogP contribution in [-0.4, -0.2) is 32.1 Å². The van der Waals surface area contributed by atoms with Gasteiger partial charge in [0, 0.05) is 0 Å². The van der Waals surface area contributed by atoms with Gasteiger partial charge in [-0.2, -0.15) is 0 Å². The maximum Gasteiger partial charge on any atom is 0.413 e. The highest BCUT2D eigenvalue weighted by Crippen LogP contribution is 2.29. The van der Waals surface area contributed by atoms with Gasteiger partial charge < -0.3 is 14.2 Å². The van der Waals surface area contributed by atoms with Gasteiger partial charge in [0.25, 0.3) is 0 Å². The van der Waals surface area contributed by atoms with Crippen LogP contribution in [-0.2, 0) is 18.9 Å². The predicted molar refractivity (Wildman–Crippen MR) is 112 cm³/mol. The van der Waals surface area contributed by atoms with Crippen LogP contribution in [0.3, 0.4) is 0 Å². The van der Waals surface area contributed by atoms with Gasteiger partial charge >= 0.3 is 6.16 Å². The molecule has 1 fully saturated rings. The first kappa shape index (κ1) is 24.4. The lowest BCUT2D eigenvalue weighted by molar-refractivity contribution is -0.466. The topological polar surface area (TPSA) is 36.9 Å². The van der Waals surface area contributed by atoms with Crippen molar-refractivity contribution < 1.29 is 18.9 Å². The van der Waals surface area contributed by atoms with E-state index in [1.165, 1.54) is 38.5 Å². The quantitative estimate of drug-likeness (QED) is 0.163. The van der Waals surface area contributed by atoms with Gasteiger partial charge in [-0.15, -0.1) is 0 Å². The average Bonchev–Trinajstić information content (AvgIpc) is 3.08. The molecular formula is C23H42O4. The monoisotopic (exact) mass is 382 g/mol. The van der Waals surface area contributed by atoms with E-state index in [2.05, 4.69) is 45.1 Å². The fourth-order valence-corrected chi connectivity index (χ4v) is 3.03. The zero-order valence-corrected chi connectivity index (χ0v) is 17.9. The molecule has 0 radical (unpaired) electrons. The first-order chi connectivity index (χ1) is 13.3. The summed E-state index contributed by atoms with van der Waals surface area (Å²) in [4.78, 5) is 0. The van der Waals surface area contributed by atoms with Crippen molar-refractivity contribution in [3.63, 3.8) is 0 Å². The summed E-state index contributed by atoms with van der Waals surface area (Å²) in [5, 5.41) is 0. The van der Waals surface area contributed by atoms with Gasteiger partial charge in [0.05, 0.1) is 25.9 Å². The Balaban J connectivity index is 2.37. The molecular weight excluding hydrogens is 340 g/mol. The van der Waals surface area contributed by atoms with Crippen molar-refractivity contribution in [2.24, 2.45) is 0 Å². The Kier molecular flexibility index (Phi) is 14.7. The molecule has 4 nitrogen and oxygen atoms in total. The van der Waals surface area contributed by atoms with Crippen molar-refractivity contribution in [1.82, 2.24) is 0 Å². The summed E-state index contributed by atoms with van der Waals surface area (Å²) in [5.74, 6) is 0. The Bertz CT molecular complexity index is 372. The van der Waals surface area contributed by atoms with Crippen molar-refractivity contribution in [2.75, 3.05) is 19.8 Å². The van der Waals surface area contributed by atoms with E-state index in [0.717, 1.165) is 32.1 Å². The molecule has 1 saturated heterocycles. The lowest BCUT2D eigenvalue weighted by Crippen LogP contribution is -2.38. The van der Waals surface area contributed by atoms with Crippen LogP contribution in [0.25, 0.3) is 0 Å². The third-order valence-electron chi connectivity index (χ3n) is 4.57. The van der Waals surface area contributed by atoms with Gasteiger partial charge in [-0.25, -0.2) is 0 Å². The normalized spacial score (nSPS) is 19.6. The molecule has 0 saturated carbocycles. The SMILES string of the molecule is CC/C=C\CCOC1(OCC/C=C\CC)OCC(CCCCCCCC)O1. The van der Waals surface area contributed by atoms with E-state index in [1.807, 2.05) is 0 Å². The molecule has 0 aromatic carbocycles. The van der Waals surface area contributed by atoms with E-state index in [9.17, 15) is 0 Å². The maximum atomic E-state index is 6.08. The van der Waals surface area contributed by atoms with E-state index >= 15 is 0 Å². The van der Waals surface area contributed by atoms with Gasteiger partial charge in [0.1, 0.15) is 0 Å². The van der Waals surface area contributed by atoms with Crippen LogP contribution in [0, 0.1) is 0 Å². The standard InChI is InChI=1S/C23H42O4/c1-4-7-10-13-14-15-18-22-21-26-23(27-22,24-19-16-11-8-5-2)25-20-17-12-9-6-3/h8-9,11-12,22H,4-7,10,13-21H2,1-3H3/b11-8-,12-9-. The van der Waals surface area contributed by atoms with Crippen LogP contribution in [0.5, 0.6) is 0 Å². The van der Waals surface area contributed by atoms with Crippen molar-refractivity contribution in [2.45, 2.75) is 104 Å². The molecule has 1 aliphatic rings. The highest BCUT2D eigenvalue weighted by molar-refractivity contribution is 4.81. The van der Waals surface area contributed by atoms with Gasteiger partial charge in [-0.1, -0.05) is 83.6 Å². The molecule has 0 N–H and O–H groups in total. The zero-order valence-electron chi connectivity index (χ0n) is 17.9. The number of hydrogen-bond donors (Lipinski definition) is 0. The van der Waals surface area contributed by atoms with E-state index in [4.69, 9.17) is 18.9 Å². The van der Waals surface area contributed by atoms with Crippen molar-refractivity contribution in [3.8, 4) is 0 Å². The minimum absolute atomic E-state index is 0.0635. The van der Waals surface area contributed by atoms with Crippen LogP contribution < -0.4 is 0 Å². The number of unbranched alkanes of at least 4 members (excludes halogenated alkanes) is 5. The summed E-state index contributed by atoms with van der Waals surface area (Å²) in [7, 11) is 0. The van der Waals surface area contributed by atoms with Crippen LogP contribution in [0.1, 0.15) is 91.4 Å². The summed E-state index contributed by atoms with van der Waals surface area (Å²) < 4.78 is 23.7. The molecule has 0 amide bonds. The minimum Gasteiger partial charge on any atom is -0.303 e. The molecule has 4 heteroatoms. The lowest BCUT2D eigenvalue weighted by atomic mass is 10.1. The number of allylic oxidation sites excluding steroid dienone is 2. The molecule has 0 aliphatic carbocycles. The Hall–Kier alpha value is -0.680. The van der Waals surface area contributed by atoms with E-state index in [0.29, 0.717) is 19.8 Å². The third-order valence-corrected chi connectivity index (χ3v) is 4.57. The second-order valence-electron chi connectivity index (χ2n) is 7.14. The highest BCUT2D eigenvalue weighted by atomic mass is 17.0. The van der Waals surface area contributed by atoms with E-state index < -0.39 is 6.16 Å². The Labute approximate surface area is 167 Å². The smallest absolute Gasteiger partial charge is 0.303 e. The predicted octanol–water partition coefficient (Wildman–Crippen LogP) is 6.51. The van der Waals surface area contributed by atoms with Crippen LogP contribution in [0.2, 0.25) is 0 Å². The van der Waals surface area contributed by atoms with Gasteiger partial charge in [-0.3, -0.25) is 4.74 Å².